The van der Waals surface area contributed by atoms with Crippen LogP contribution in [0.4, 0.5) is 0 Å². The lowest BCUT2D eigenvalue weighted by Crippen LogP contribution is -2.10. The molecule has 3 heterocycles. The highest BCUT2D eigenvalue weighted by molar-refractivity contribution is 7.99. The van der Waals surface area contributed by atoms with E-state index in [0.717, 1.165) is 37.3 Å². The fourth-order valence-electron chi connectivity index (χ4n) is 3.93. The Kier molecular flexibility index (Phi) is 3.74. The lowest BCUT2D eigenvalue weighted by Gasteiger charge is -2.20. The molecule has 0 saturated carbocycles. The number of hydrogen-bond acceptors (Lipinski definition) is 3. The van der Waals surface area contributed by atoms with Gasteiger partial charge >= 0.3 is 0 Å². The van der Waals surface area contributed by atoms with Crippen molar-refractivity contribution in [1.82, 2.24) is 9.55 Å². The van der Waals surface area contributed by atoms with Gasteiger partial charge in [-0.2, -0.15) is 0 Å². The summed E-state index contributed by atoms with van der Waals surface area (Å²) in [5.74, 6) is 2.31. The zero-order chi connectivity index (χ0) is 16.8. The molecule has 1 aromatic heterocycles. The first-order valence-electron chi connectivity index (χ1n) is 9.14. The van der Waals surface area contributed by atoms with Crippen molar-refractivity contribution in [3.63, 3.8) is 0 Å². The Balaban J connectivity index is 1.54. The Bertz CT molecular complexity index is 960. The molecular formula is C21H22N2OS. The van der Waals surface area contributed by atoms with E-state index in [1.54, 1.807) is 0 Å². The van der Waals surface area contributed by atoms with Crippen molar-refractivity contribution in [3.8, 4) is 5.75 Å². The lowest BCUT2D eigenvalue weighted by molar-refractivity contribution is 0.288. The van der Waals surface area contributed by atoms with Crippen molar-refractivity contribution in [3.05, 3.63) is 52.8 Å². The topological polar surface area (TPSA) is 27.1 Å². The zero-order valence-electron chi connectivity index (χ0n) is 14.5. The molecule has 3 aromatic rings. The van der Waals surface area contributed by atoms with E-state index in [1.165, 1.54) is 51.3 Å². The van der Waals surface area contributed by atoms with Crippen molar-refractivity contribution in [2.75, 3.05) is 12.4 Å². The van der Waals surface area contributed by atoms with Gasteiger partial charge in [-0.3, -0.25) is 0 Å². The average Bonchev–Trinajstić information content (AvgIpc) is 3.02. The number of ether oxygens (including phenoxy) is 1. The molecule has 5 rings (SSSR count). The Morgan fingerprint density at radius 2 is 2.04 bits per heavy atom. The number of imidazole rings is 1. The Morgan fingerprint density at radius 1 is 1.12 bits per heavy atom. The van der Waals surface area contributed by atoms with E-state index in [-0.39, 0.29) is 0 Å². The summed E-state index contributed by atoms with van der Waals surface area (Å²) in [7, 11) is 0. The molecule has 3 nitrogen and oxygen atoms in total. The molecule has 0 spiro atoms. The van der Waals surface area contributed by atoms with Crippen molar-refractivity contribution in [2.24, 2.45) is 0 Å². The fourth-order valence-corrected chi connectivity index (χ4v) is 4.98. The summed E-state index contributed by atoms with van der Waals surface area (Å²) in [5.41, 5.74) is 7.87. The molecule has 2 aliphatic rings. The number of hydrogen-bond donors (Lipinski definition) is 0. The van der Waals surface area contributed by atoms with Gasteiger partial charge in [0.1, 0.15) is 5.75 Å². The summed E-state index contributed by atoms with van der Waals surface area (Å²) >= 11 is 1.99. The molecule has 0 fully saturated rings. The summed E-state index contributed by atoms with van der Waals surface area (Å²) in [4.78, 5) is 6.11. The Hall–Kier alpha value is -1.94. The smallest absolute Gasteiger partial charge is 0.122 e. The van der Waals surface area contributed by atoms with Gasteiger partial charge in [0.2, 0.25) is 0 Å². The maximum atomic E-state index is 5.81. The predicted molar refractivity (Wildman–Crippen MR) is 103 cm³/mol. The standard InChI is InChI=1S/C21H22N2OS/c1-14-8-20-15(4-2-6-24-20)9-17(14)12-23-13-22-18-10-16-5-3-7-25-21(16)11-19(18)23/h8-11,13H,2-7,12H2,1H3. The van der Waals surface area contributed by atoms with Gasteiger partial charge in [-0.25, -0.2) is 4.98 Å². The minimum atomic E-state index is 0.848. The first-order chi connectivity index (χ1) is 12.3. The van der Waals surface area contributed by atoms with Gasteiger partial charge in [0.25, 0.3) is 0 Å². The molecule has 0 bridgehead atoms. The summed E-state index contributed by atoms with van der Waals surface area (Å²) in [5, 5.41) is 0. The minimum absolute atomic E-state index is 0.848. The van der Waals surface area contributed by atoms with Crippen LogP contribution in [-0.4, -0.2) is 21.9 Å². The number of aryl methyl sites for hydroxylation is 3. The molecule has 4 heteroatoms. The number of rotatable bonds is 2. The second-order valence-corrected chi connectivity index (χ2v) is 8.25. The number of nitrogens with zero attached hydrogens (tertiary/aromatic N) is 2. The first kappa shape index (κ1) is 15.3. The van der Waals surface area contributed by atoms with Gasteiger partial charge in [0.05, 0.1) is 24.0 Å². The van der Waals surface area contributed by atoms with Gasteiger partial charge in [-0.05, 0) is 78.8 Å². The molecule has 0 radical (unpaired) electrons. The van der Waals surface area contributed by atoms with Gasteiger partial charge in [0, 0.05) is 11.4 Å². The van der Waals surface area contributed by atoms with E-state index in [9.17, 15) is 0 Å². The number of benzene rings is 2. The third-order valence-electron chi connectivity index (χ3n) is 5.36. The van der Waals surface area contributed by atoms with Crippen molar-refractivity contribution in [1.29, 1.82) is 0 Å². The SMILES string of the molecule is Cc1cc2c(cc1Cn1cnc3cc4c(cc31)SCCC4)CCCO2. The van der Waals surface area contributed by atoms with Crippen LogP contribution in [0.25, 0.3) is 11.0 Å². The molecule has 128 valence electrons. The van der Waals surface area contributed by atoms with E-state index >= 15 is 0 Å². The van der Waals surface area contributed by atoms with Crippen LogP contribution in [0.15, 0.2) is 35.5 Å². The third-order valence-corrected chi connectivity index (χ3v) is 6.54. The molecular weight excluding hydrogens is 328 g/mol. The quantitative estimate of drug-likeness (QED) is 0.667. The maximum absolute atomic E-state index is 5.81. The van der Waals surface area contributed by atoms with Crippen molar-refractivity contribution in [2.45, 2.75) is 44.0 Å². The molecule has 0 aliphatic carbocycles. The largest absolute Gasteiger partial charge is 0.493 e. The van der Waals surface area contributed by atoms with Crippen LogP contribution in [0.1, 0.15) is 35.1 Å². The zero-order valence-corrected chi connectivity index (χ0v) is 15.4. The van der Waals surface area contributed by atoms with E-state index in [1.807, 2.05) is 18.1 Å². The Morgan fingerprint density at radius 3 is 3.00 bits per heavy atom. The Labute approximate surface area is 152 Å². The normalized spacial score (nSPS) is 16.4. The van der Waals surface area contributed by atoms with Crippen molar-refractivity contribution < 1.29 is 4.74 Å². The maximum Gasteiger partial charge on any atom is 0.122 e. The van der Waals surface area contributed by atoms with Crippen LogP contribution in [0.5, 0.6) is 5.75 Å². The monoisotopic (exact) mass is 350 g/mol. The first-order valence-corrected chi connectivity index (χ1v) is 10.1. The van der Waals surface area contributed by atoms with Crippen LogP contribution >= 0.6 is 11.8 Å². The van der Waals surface area contributed by atoms with Gasteiger partial charge in [0.15, 0.2) is 0 Å². The highest BCUT2D eigenvalue weighted by Gasteiger charge is 2.16. The third kappa shape index (κ3) is 2.73. The van der Waals surface area contributed by atoms with E-state index in [0.29, 0.717) is 0 Å². The molecule has 0 N–H and O–H groups in total. The summed E-state index contributed by atoms with van der Waals surface area (Å²) in [6.07, 6.45) is 6.70. The number of aromatic nitrogens is 2. The average molecular weight is 350 g/mol. The van der Waals surface area contributed by atoms with Crippen molar-refractivity contribution >= 4 is 22.8 Å². The molecule has 2 aromatic carbocycles. The van der Waals surface area contributed by atoms with Gasteiger partial charge in [-0.1, -0.05) is 6.07 Å². The molecule has 2 aliphatic heterocycles. The molecule has 0 saturated heterocycles. The molecule has 0 atom stereocenters. The van der Waals surface area contributed by atoms with E-state index in [4.69, 9.17) is 4.74 Å². The van der Waals surface area contributed by atoms with Crippen LogP contribution in [0.2, 0.25) is 0 Å². The van der Waals surface area contributed by atoms with Gasteiger partial charge < -0.3 is 9.30 Å². The molecule has 25 heavy (non-hydrogen) atoms. The molecule has 0 amide bonds. The lowest BCUT2D eigenvalue weighted by atomic mass is 9.99. The second kappa shape index (κ2) is 6.10. The highest BCUT2D eigenvalue weighted by atomic mass is 32.2. The highest BCUT2D eigenvalue weighted by Crippen LogP contribution is 2.34. The van der Waals surface area contributed by atoms with E-state index in [2.05, 4.69) is 40.7 Å². The summed E-state index contributed by atoms with van der Waals surface area (Å²) in [6.45, 7) is 3.91. The predicted octanol–water partition coefficient (Wildman–Crippen LogP) is 4.76. The van der Waals surface area contributed by atoms with Crippen LogP contribution < -0.4 is 4.74 Å². The second-order valence-electron chi connectivity index (χ2n) is 7.11. The summed E-state index contributed by atoms with van der Waals surface area (Å²) < 4.78 is 8.10. The van der Waals surface area contributed by atoms with E-state index < -0.39 is 0 Å². The number of fused-ring (bicyclic) bond motifs is 3. The molecule has 0 unspecified atom stereocenters. The summed E-state index contributed by atoms with van der Waals surface area (Å²) in [6, 6.07) is 9.18. The van der Waals surface area contributed by atoms with Crippen LogP contribution in [0.3, 0.4) is 0 Å². The van der Waals surface area contributed by atoms with Crippen LogP contribution in [-0.2, 0) is 19.4 Å². The van der Waals surface area contributed by atoms with Gasteiger partial charge in [-0.15, -0.1) is 11.8 Å². The fraction of sp³-hybridized carbons (Fsp3) is 0.381. The van der Waals surface area contributed by atoms with Crippen LogP contribution in [0, 0.1) is 6.92 Å². The minimum Gasteiger partial charge on any atom is -0.493 e. The number of thioether (sulfide) groups is 1.